The van der Waals surface area contributed by atoms with Crippen LogP contribution in [0.1, 0.15) is 18.9 Å². The maximum atomic E-state index is 13.0. The highest BCUT2D eigenvalue weighted by Gasteiger charge is 2.54. The minimum absolute atomic E-state index is 0.0636. The van der Waals surface area contributed by atoms with Crippen molar-refractivity contribution >= 4 is 23.3 Å². The number of hydrogen-bond donors (Lipinski definition) is 1. The summed E-state index contributed by atoms with van der Waals surface area (Å²) in [5.41, 5.74) is 1.96. The van der Waals surface area contributed by atoms with Crippen molar-refractivity contribution in [3.63, 3.8) is 0 Å². The smallest absolute Gasteiger partial charge is 0.321 e. The van der Waals surface area contributed by atoms with Gasteiger partial charge in [0, 0.05) is 25.8 Å². The van der Waals surface area contributed by atoms with Gasteiger partial charge in [-0.05, 0) is 37.1 Å². The Hall–Kier alpha value is -3.02. The molecule has 1 N–H and O–H groups in total. The monoisotopic (exact) mass is 365 g/mol. The van der Waals surface area contributed by atoms with E-state index in [9.17, 15) is 9.59 Å². The number of para-hydroxylation sites is 3. The fourth-order valence-electron chi connectivity index (χ4n) is 4.14. The van der Waals surface area contributed by atoms with Gasteiger partial charge in [0.2, 0.25) is 5.91 Å². The second kappa shape index (κ2) is 6.61. The standard InChI is InChI=1S/C21H23N3O3/c1-3-27-18-11-7-5-9-16(18)22-20(26)24-13-12-21(14-24)15-8-4-6-10-17(15)23(2)19(21)25/h4-11H,3,12-14H2,1-2H3,(H,22,26)/t21-/m0/s1. The molecule has 1 atom stereocenters. The lowest BCUT2D eigenvalue weighted by Crippen LogP contribution is -2.43. The van der Waals surface area contributed by atoms with E-state index in [1.807, 2.05) is 55.5 Å². The minimum atomic E-state index is -0.637. The molecule has 0 bridgehead atoms. The highest BCUT2D eigenvalue weighted by molar-refractivity contribution is 6.08. The Morgan fingerprint density at radius 1 is 1.19 bits per heavy atom. The van der Waals surface area contributed by atoms with E-state index < -0.39 is 5.41 Å². The lowest BCUT2D eigenvalue weighted by molar-refractivity contribution is -0.122. The molecule has 2 aromatic rings. The van der Waals surface area contributed by atoms with Crippen molar-refractivity contribution in [3.8, 4) is 5.75 Å². The van der Waals surface area contributed by atoms with E-state index in [0.717, 1.165) is 11.3 Å². The van der Waals surface area contributed by atoms with Crippen molar-refractivity contribution in [2.75, 3.05) is 37.0 Å². The molecule has 2 aliphatic rings. The molecule has 27 heavy (non-hydrogen) atoms. The van der Waals surface area contributed by atoms with Gasteiger partial charge in [0.05, 0.1) is 17.7 Å². The number of carbonyl (C=O) groups excluding carboxylic acids is 2. The lowest BCUT2D eigenvalue weighted by Gasteiger charge is -2.24. The number of likely N-dealkylation sites (tertiary alicyclic amines) is 1. The topological polar surface area (TPSA) is 61.9 Å². The summed E-state index contributed by atoms with van der Waals surface area (Å²) >= 11 is 0. The zero-order valence-corrected chi connectivity index (χ0v) is 15.6. The highest BCUT2D eigenvalue weighted by Crippen LogP contribution is 2.46. The second-order valence-electron chi connectivity index (χ2n) is 6.99. The zero-order valence-electron chi connectivity index (χ0n) is 15.6. The van der Waals surface area contributed by atoms with Crippen LogP contribution in [0.2, 0.25) is 0 Å². The molecule has 6 heteroatoms. The van der Waals surface area contributed by atoms with Crippen LogP contribution in [-0.4, -0.2) is 43.6 Å². The van der Waals surface area contributed by atoms with E-state index in [4.69, 9.17) is 4.74 Å². The number of rotatable bonds is 3. The summed E-state index contributed by atoms with van der Waals surface area (Å²) in [7, 11) is 1.80. The molecule has 4 rings (SSSR count). The number of benzene rings is 2. The summed E-state index contributed by atoms with van der Waals surface area (Å²) in [6.45, 7) is 3.35. The molecule has 1 spiro atoms. The molecule has 3 amide bonds. The molecule has 2 heterocycles. The number of carbonyl (C=O) groups is 2. The van der Waals surface area contributed by atoms with Crippen molar-refractivity contribution in [1.29, 1.82) is 0 Å². The van der Waals surface area contributed by atoms with E-state index in [2.05, 4.69) is 5.32 Å². The molecular formula is C21H23N3O3. The van der Waals surface area contributed by atoms with E-state index in [0.29, 0.717) is 37.6 Å². The Morgan fingerprint density at radius 2 is 1.93 bits per heavy atom. The van der Waals surface area contributed by atoms with Crippen LogP contribution >= 0.6 is 0 Å². The molecule has 0 aliphatic carbocycles. The van der Waals surface area contributed by atoms with E-state index in [1.165, 1.54) is 0 Å². The van der Waals surface area contributed by atoms with Gasteiger partial charge in [0.25, 0.3) is 0 Å². The maximum Gasteiger partial charge on any atom is 0.321 e. The van der Waals surface area contributed by atoms with Crippen molar-refractivity contribution in [2.24, 2.45) is 0 Å². The number of amides is 3. The zero-order chi connectivity index (χ0) is 19.0. The van der Waals surface area contributed by atoms with Gasteiger partial charge < -0.3 is 19.9 Å². The number of nitrogens with zero attached hydrogens (tertiary/aromatic N) is 2. The molecule has 0 unspecified atom stereocenters. The molecular weight excluding hydrogens is 342 g/mol. The van der Waals surface area contributed by atoms with Gasteiger partial charge in [-0.25, -0.2) is 4.79 Å². The molecule has 0 saturated carbocycles. The molecule has 6 nitrogen and oxygen atoms in total. The average molecular weight is 365 g/mol. The van der Waals surface area contributed by atoms with Crippen LogP contribution in [0.15, 0.2) is 48.5 Å². The number of urea groups is 1. The summed E-state index contributed by atoms with van der Waals surface area (Å²) in [6.07, 6.45) is 0.633. The predicted octanol–water partition coefficient (Wildman–Crippen LogP) is 3.24. The van der Waals surface area contributed by atoms with Crippen LogP contribution in [0.5, 0.6) is 5.75 Å². The van der Waals surface area contributed by atoms with Crippen LogP contribution in [0.3, 0.4) is 0 Å². The van der Waals surface area contributed by atoms with Gasteiger partial charge in [-0.2, -0.15) is 0 Å². The first kappa shape index (κ1) is 17.4. The fraction of sp³-hybridized carbons (Fsp3) is 0.333. The van der Waals surface area contributed by atoms with Gasteiger partial charge in [0.15, 0.2) is 0 Å². The summed E-state index contributed by atoms with van der Waals surface area (Å²) < 4.78 is 5.58. The number of anilines is 2. The van der Waals surface area contributed by atoms with Crippen molar-refractivity contribution in [3.05, 3.63) is 54.1 Å². The highest BCUT2D eigenvalue weighted by atomic mass is 16.5. The lowest BCUT2D eigenvalue weighted by atomic mass is 9.81. The average Bonchev–Trinajstić information content (AvgIpc) is 3.22. The Balaban J connectivity index is 1.55. The first-order valence-corrected chi connectivity index (χ1v) is 9.22. The Morgan fingerprint density at radius 3 is 2.74 bits per heavy atom. The molecule has 0 aromatic heterocycles. The van der Waals surface area contributed by atoms with E-state index in [-0.39, 0.29) is 11.9 Å². The number of fused-ring (bicyclic) bond motifs is 2. The quantitative estimate of drug-likeness (QED) is 0.908. The normalized spacial score (nSPS) is 20.9. The first-order chi connectivity index (χ1) is 13.1. The maximum absolute atomic E-state index is 13.0. The van der Waals surface area contributed by atoms with Gasteiger partial charge in [-0.15, -0.1) is 0 Å². The third kappa shape index (κ3) is 2.72. The molecule has 140 valence electrons. The fourth-order valence-corrected chi connectivity index (χ4v) is 4.14. The van der Waals surface area contributed by atoms with Gasteiger partial charge in [-0.1, -0.05) is 30.3 Å². The van der Waals surface area contributed by atoms with Crippen molar-refractivity contribution in [1.82, 2.24) is 4.90 Å². The summed E-state index contributed by atoms with van der Waals surface area (Å²) in [5, 5.41) is 2.93. The number of likely N-dealkylation sites (N-methyl/N-ethyl adjacent to an activating group) is 1. The van der Waals surface area contributed by atoms with Gasteiger partial charge in [0.1, 0.15) is 5.75 Å². The van der Waals surface area contributed by atoms with Crippen LogP contribution in [0, 0.1) is 0 Å². The van der Waals surface area contributed by atoms with Crippen molar-refractivity contribution < 1.29 is 14.3 Å². The Kier molecular flexibility index (Phi) is 4.26. The summed E-state index contributed by atoms with van der Waals surface area (Å²) in [4.78, 5) is 29.3. The minimum Gasteiger partial charge on any atom is -0.492 e. The van der Waals surface area contributed by atoms with Crippen molar-refractivity contribution in [2.45, 2.75) is 18.8 Å². The largest absolute Gasteiger partial charge is 0.492 e. The third-order valence-electron chi connectivity index (χ3n) is 5.48. The molecule has 1 fully saturated rings. The molecule has 2 aliphatic heterocycles. The predicted molar refractivity (Wildman–Crippen MR) is 104 cm³/mol. The Labute approximate surface area is 158 Å². The second-order valence-corrected chi connectivity index (χ2v) is 6.99. The number of nitrogens with one attached hydrogen (secondary N) is 1. The van der Waals surface area contributed by atoms with Crippen LogP contribution in [-0.2, 0) is 10.2 Å². The van der Waals surface area contributed by atoms with E-state index in [1.54, 1.807) is 16.8 Å². The van der Waals surface area contributed by atoms with Gasteiger partial charge in [-0.3, -0.25) is 4.79 Å². The molecule has 1 saturated heterocycles. The number of ether oxygens (including phenoxy) is 1. The van der Waals surface area contributed by atoms with Crippen LogP contribution in [0.4, 0.5) is 16.2 Å². The third-order valence-corrected chi connectivity index (χ3v) is 5.48. The molecule has 2 aromatic carbocycles. The summed E-state index contributed by atoms with van der Waals surface area (Å²) in [5.74, 6) is 0.706. The summed E-state index contributed by atoms with van der Waals surface area (Å²) in [6, 6.07) is 15.0. The Bertz CT molecular complexity index is 898. The van der Waals surface area contributed by atoms with Gasteiger partial charge >= 0.3 is 6.03 Å². The molecule has 0 radical (unpaired) electrons. The van der Waals surface area contributed by atoms with E-state index >= 15 is 0 Å². The van der Waals surface area contributed by atoms with Crippen LogP contribution in [0.25, 0.3) is 0 Å². The number of hydrogen-bond acceptors (Lipinski definition) is 3. The first-order valence-electron chi connectivity index (χ1n) is 9.22. The SMILES string of the molecule is CCOc1ccccc1NC(=O)N1CC[C@@]2(C1)C(=O)N(C)c1ccccc12. The van der Waals surface area contributed by atoms with Crippen LogP contribution < -0.4 is 15.0 Å².